The van der Waals surface area contributed by atoms with E-state index >= 15 is 0 Å². The largest absolute Gasteiger partial charge is 0.481 e. The smallest absolute Gasteiger partial charge is 0.306 e. The molecule has 14 heavy (non-hydrogen) atoms. The molecule has 1 atom stereocenters. The highest BCUT2D eigenvalue weighted by molar-refractivity contribution is 5.70. The van der Waals surface area contributed by atoms with Gasteiger partial charge < -0.3 is 5.11 Å². The molecule has 0 spiro atoms. The van der Waals surface area contributed by atoms with E-state index in [1.807, 2.05) is 12.1 Å². The van der Waals surface area contributed by atoms with Gasteiger partial charge in [0.1, 0.15) is 0 Å². The minimum atomic E-state index is -0.669. The number of hydrogen-bond acceptors (Lipinski definition) is 2. The third-order valence-corrected chi connectivity index (χ3v) is 2.83. The van der Waals surface area contributed by atoms with Crippen molar-refractivity contribution in [3.05, 3.63) is 29.6 Å². The SMILES string of the molecule is O=C(O)[C@@H]1CCc2cccnc2CC1. The van der Waals surface area contributed by atoms with Crippen LogP contribution < -0.4 is 0 Å². The van der Waals surface area contributed by atoms with Crippen LogP contribution in [0.2, 0.25) is 0 Å². The van der Waals surface area contributed by atoms with Crippen LogP contribution in [0, 0.1) is 5.92 Å². The Labute approximate surface area is 82.8 Å². The van der Waals surface area contributed by atoms with Gasteiger partial charge in [0.25, 0.3) is 0 Å². The molecule has 0 aliphatic heterocycles. The van der Waals surface area contributed by atoms with Gasteiger partial charge in [-0.25, -0.2) is 0 Å². The summed E-state index contributed by atoms with van der Waals surface area (Å²) in [6.07, 6.45) is 4.89. The summed E-state index contributed by atoms with van der Waals surface area (Å²) in [5.41, 5.74) is 2.30. The van der Waals surface area contributed by atoms with E-state index in [9.17, 15) is 4.79 Å². The van der Waals surface area contributed by atoms with Gasteiger partial charge in [0.2, 0.25) is 0 Å². The maximum atomic E-state index is 10.8. The molecular weight excluding hydrogens is 178 g/mol. The van der Waals surface area contributed by atoms with Crippen molar-refractivity contribution in [2.24, 2.45) is 5.92 Å². The number of carbonyl (C=O) groups is 1. The lowest BCUT2D eigenvalue weighted by Crippen LogP contribution is -2.13. The van der Waals surface area contributed by atoms with Crippen LogP contribution in [0.1, 0.15) is 24.1 Å². The molecule has 2 rings (SSSR count). The van der Waals surface area contributed by atoms with Crippen LogP contribution in [-0.2, 0) is 17.6 Å². The predicted molar refractivity (Wildman–Crippen MR) is 52.0 cm³/mol. The fraction of sp³-hybridized carbons (Fsp3) is 0.455. The Morgan fingerprint density at radius 3 is 3.00 bits per heavy atom. The standard InChI is InChI=1S/C11H13NO2/c13-11(14)9-4-3-8-2-1-7-12-10(8)6-5-9/h1-2,7,9H,3-6H2,(H,13,14)/t9-/m1/s1. The number of hydrogen-bond donors (Lipinski definition) is 1. The van der Waals surface area contributed by atoms with E-state index in [1.54, 1.807) is 6.20 Å². The second-order valence-electron chi connectivity index (χ2n) is 3.72. The molecule has 1 N–H and O–H groups in total. The zero-order chi connectivity index (χ0) is 9.97. The molecule has 74 valence electrons. The Morgan fingerprint density at radius 2 is 2.21 bits per heavy atom. The maximum Gasteiger partial charge on any atom is 0.306 e. The highest BCUT2D eigenvalue weighted by Gasteiger charge is 2.21. The molecule has 1 aliphatic rings. The van der Waals surface area contributed by atoms with Gasteiger partial charge >= 0.3 is 5.97 Å². The van der Waals surface area contributed by atoms with E-state index in [-0.39, 0.29) is 5.92 Å². The number of aromatic nitrogens is 1. The van der Waals surface area contributed by atoms with Crippen LogP contribution in [0.5, 0.6) is 0 Å². The Kier molecular flexibility index (Phi) is 2.48. The summed E-state index contributed by atoms with van der Waals surface area (Å²) in [6.45, 7) is 0. The third-order valence-electron chi connectivity index (χ3n) is 2.83. The maximum absolute atomic E-state index is 10.8. The molecule has 0 unspecified atom stereocenters. The molecule has 0 saturated carbocycles. The summed E-state index contributed by atoms with van der Waals surface area (Å²) in [6, 6.07) is 3.96. The zero-order valence-corrected chi connectivity index (χ0v) is 7.94. The van der Waals surface area contributed by atoms with Crippen molar-refractivity contribution in [1.82, 2.24) is 4.98 Å². The van der Waals surface area contributed by atoms with Crippen molar-refractivity contribution < 1.29 is 9.90 Å². The molecule has 0 saturated heterocycles. The number of carboxylic acids is 1. The van der Waals surface area contributed by atoms with E-state index < -0.39 is 5.97 Å². The van der Waals surface area contributed by atoms with E-state index in [0.717, 1.165) is 31.4 Å². The van der Waals surface area contributed by atoms with Crippen LogP contribution in [0.25, 0.3) is 0 Å². The summed E-state index contributed by atoms with van der Waals surface area (Å²) >= 11 is 0. The second-order valence-corrected chi connectivity index (χ2v) is 3.72. The lowest BCUT2D eigenvalue weighted by molar-refractivity contribution is -0.142. The van der Waals surface area contributed by atoms with Crippen LogP contribution in [0.15, 0.2) is 18.3 Å². The van der Waals surface area contributed by atoms with E-state index in [1.165, 1.54) is 5.56 Å². The zero-order valence-electron chi connectivity index (χ0n) is 7.94. The first kappa shape index (κ1) is 9.19. The fourth-order valence-electron chi connectivity index (χ4n) is 1.96. The van der Waals surface area contributed by atoms with Gasteiger partial charge in [-0.3, -0.25) is 9.78 Å². The highest BCUT2D eigenvalue weighted by atomic mass is 16.4. The number of fused-ring (bicyclic) bond motifs is 1. The summed E-state index contributed by atoms with van der Waals surface area (Å²) in [5.74, 6) is -0.859. The van der Waals surface area contributed by atoms with Crippen LogP contribution >= 0.6 is 0 Å². The lowest BCUT2D eigenvalue weighted by atomic mass is 10.0. The van der Waals surface area contributed by atoms with Crippen molar-refractivity contribution >= 4 is 5.97 Å². The predicted octanol–water partition coefficient (Wildman–Crippen LogP) is 1.66. The van der Waals surface area contributed by atoms with Gasteiger partial charge in [-0.15, -0.1) is 0 Å². The quantitative estimate of drug-likeness (QED) is 0.687. The molecule has 3 nitrogen and oxygen atoms in total. The minimum Gasteiger partial charge on any atom is -0.481 e. The average Bonchev–Trinajstić information content (AvgIpc) is 2.39. The number of pyridine rings is 1. The molecule has 1 aliphatic carbocycles. The first-order valence-corrected chi connectivity index (χ1v) is 4.93. The number of nitrogens with zero attached hydrogens (tertiary/aromatic N) is 1. The van der Waals surface area contributed by atoms with E-state index in [4.69, 9.17) is 5.11 Å². The molecule has 0 aromatic carbocycles. The minimum absolute atomic E-state index is 0.191. The lowest BCUT2D eigenvalue weighted by Gasteiger charge is -2.05. The summed E-state index contributed by atoms with van der Waals surface area (Å²) in [4.78, 5) is 15.1. The Bertz CT molecular complexity index is 322. The molecule has 0 fully saturated rings. The molecule has 1 aromatic rings. The molecule has 1 heterocycles. The Balaban J connectivity index is 2.18. The number of carboxylic acid groups (broad SMARTS) is 1. The molecule has 0 bridgehead atoms. The van der Waals surface area contributed by atoms with Crippen molar-refractivity contribution in [1.29, 1.82) is 0 Å². The van der Waals surface area contributed by atoms with Crippen LogP contribution in [0.3, 0.4) is 0 Å². The van der Waals surface area contributed by atoms with E-state index in [2.05, 4.69) is 4.98 Å². The molecule has 0 radical (unpaired) electrons. The monoisotopic (exact) mass is 191 g/mol. The van der Waals surface area contributed by atoms with Crippen molar-refractivity contribution in [2.45, 2.75) is 25.7 Å². The Morgan fingerprint density at radius 1 is 1.43 bits per heavy atom. The molecule has 0 amide bonds. The van der Waals surface area contributed by atoms with Gasteiger partial charge in [0.15, 0.2) is 0 Å². The van der Waals surface area contributed by atoms with Crippen molar-refractivity contribution in [3.8, 4) is 0 Å². The van der Waals surface area contributed by atoms with Gasteiger partial charge in [-0.05, 0) is 37.3 Å². The number of rotatable bonds is 1. The van der Waals surface area contributed by atoms with E-state index in [0.29, 0.717) is 0 Å². The molecule has 3 heteroatoms. The average molecular weight is 191 g/mol. The summed E-state index contributed by atoms with van der Waals surface area (Å²) in [7, 11) is 0. The summed E-state index contributed by atoms with van der Waals surface area (Å²) in [5, 5.41) is 8.92. The van der Waals surface area contributed by atoms with Crippen LogP contribution in [0.4, 0.5) is 0 Å². The first-order chi connectivity index (χ1) is 6.77. The fourth-order valence-corrected chi connectivity index (χ4v) is 1.96. The third kappa shape index (κ3) is 1.76. The van der Waals surface area contributed by atoms with Crippen LogP contribution in [-0.4, -0.2) is 16.1 Å². The Hall–Kier alpha value is -1.38. The van der Waals surface area contributed by atoms with Gasteiger partial charge in [0.05, 0.1) is 5.92 Å². The van der Waals surface area contributed by atoms with Gasteiger partial charge in [0, 0.05) is 11.9 Å². The number of aryl methyl sites for hydroxylation is 2. The number of aliphatic carboxylic acids is 1. The van der Waals surface area contributed by atoms with Gasteiger partial charge in [-0.2, -0.15) is 0 Å². The van der Waals surface area contributed by atoms with Crippen molar-refractivity contribution in [2.75, 3.05) is 0 Å². The molecular formula is C11H13NO2. The topological polar surface area (TPSA) is 50.2 Å². The second kappa shape index (κ2) is 3.78. The molecule has 1 aromatic heterocycles. The summed E-state index contributed by atoms with van der Waals surface area (Å²) < 4.78 is 0. The normalized spacial score (nSPS) is 21.0. The van der Waals surface area contributed by atoms with Crippen molar-refractivity contribution in [3.63, 3.8) is 0 Å². The van der Waals surface area contributed by atoms with Gasteiger partial charge in [-0.1, -0.05) is 6.07 Å². The first-order valence-electron chi connectivity index (χ1n) is 4.93. The highest BCUT2D eigenvalue weighted by Crippen LogP contribution is 2.22.